The van der Waals surface area contributed by atoms with Gasteiger partial charge in [-0.05, 0) is 0 Å². The Balaban J connectivity index is 0.00000151. The van der Waals surface area contributed by atoms with E-state index in [0.717, 1.165) is 14.7 Å². The minimum atomic E-state index is -3.07. The van der Waals surface area contributed by atoms with Gasteiger partial charge in [-0.3, -0.25) is 0 Å². The maximum Gasteiger partial charge on any atom is -1.00 e. The summed E-state index contributed by atoms with van der Waals surface area (Å²) in [6.07, 6.45) is 16.5. The number of benzene rings is 4. The molecule has 3 aliphatic carbocycles. The van der Waals surface area contributed by atoms with Gasteiger partial charge in [0.25, 0.3) is 0 Å². The average molecular weight is 746 g/mol. The minimum Gasteiger partial charge on any atom is -1.00 e. The predicted molar refractivity (Wildman–Crippen MR) is 165 cm³/mol. The van der Waals surface area contributed by atoms with Crippen molar-refractivity contribution in [2.75, 3.05) is 0 Å². The Morgan fingerprint density at radius 2 is 1.02 bits per heavy atom. The Kier molecular flexibility index (Phi) is 8.20. The van der Waals surface area contributed by atoms with Crippen LogP contribution in [0.1, 0.15) is 94.8 Å². The summed E-state index contributed by atoms with van der Waals surface area (Å²) in [5.74, 6) is 0. The summed E-state index contributed by atoms with van der Waals surface area (Å²) >= 11 is -3.07. The summed E-state index contributed by atoms with van der Waals surface area (Å²) in [7, 11) is 0. The van der Waals surface area contributed by atoms with Crippen LogP contribution >= 0.6 is 0 Å². The van der Waals surface area contributed by atoms with Gasteiger partial charge in [-0.15, -0.1) is 0 Å². The van der Waals surface area contributed by atoms with Crippen molar-refractivity contribution in [3.63, 3.8) is 0 Å². The second kappa shape index (κ2) is 11.4. The molecule has 4 aromatic carbocycles. The third kappa shape index (κ3) is 4.23. The zero-order valence-electron chi connectivity index (χ0n) is 24.3. The Morgan fingerprint density at radius 3 is 1.46 bits per heavy atom. The molecule has 0 N–H and O–H groups in total. The molecule has 0 nitrogen and oxygen atoms in total. The molecule has 0 radical (unpaired) electrons. The number of allylic oxidation sites excluding steroid dienone is 2. The molecule has 1 saturated heterocycles. The van der Waals surface area contributed by atoms with Crippen molar-refractivity contribution in [1.29, 1.82) is 0 Å². The van der Waals surface area contributed by atoms with E-state index < -0.39 is 20.0 Å². The Labute approximate surface area is 262 Å². The molecule has 0 spiro atoms. The van der Waals surface area contributed by atoms with Gasteiger partial charge >= 0.3 is 240 Å². The standard InChI is InChI=1S/2C16H15.C6H10.2ClH.Hf/c2*1-2-5-12-10-14-9-8-13-6-3-4-7-15(13)16(14)11-12;1-2-4-6-5-3-1;;;/h2*3-4,6-11H,2,5H2,1H3;1-2H,3-6H2;2*1H;/q;;;;;+2/p-2. The second-order valence-corrected chi connectivity index (χ2v) is 29.5. The van der Waals surface area contributed by atoms with Crippen LogP contribution in [0.2, 0.25) is 7.35 Å². The molecule has 1 saturated carbocycles. The molecule has 4 aromatic rings. The van der Waals surface area contributed by atoms with Crippen molar-refractivity contribution in [3.8, 4) is 0 Å². The molecule has 1 heterocycles. The van der Waals surface area contributed by atoms with Gasteiger partial charge in [-0.2, -0.15) is 0 Å². The van der Waals surface area contributed by atoms with Crippen LogP contribution in [0.4, 0.5) is 0 Å². The second-order valence-electron chi connectivity index (χ2n) is 12.9. The van der Waals surface area contributed by atoms with Crippen LogP contribution < -0.4 is 24.8 Å². The van der Waals surface area contributed by atoms with Crippen molar-refractivity contribution in [2.24, 2.45) is 0 Å². The molecule has 8 rings (SSSR count). The minimum absolute atomic E-state index is 0. The quantitative estimate of drug-likeness (QED) is 0.229. The van der Waals surface area contributed by atoms with Crippen LogP contribution in [-0.2, 0) is 20.0 Å². The van der Waals surface area contributed by atoms with E-state index in [4.69, 9.17) is 0 Å². The molecule has 0 amide bonds. The third-order valence-electron chi connectivity index (χ3n) is 11.1. The van der Waals surface area contributed by atoms with E-state index in [1.54, 1.807) is 22.3 Å². The van der Waals surface area contributed by atoms with Crippen molar-refractivity contribution < 1.29 is 44.8 Å². The van der Waals surface area contributed by atoms with Crippen LogP contribution in [0, 0.1) is 0 Å². The number of rotatable bonds is 6. The largest absolute Gasteiger partial charge is 1.00 e. The van der Waals surface area contributed by atoms with Gasteiger partial charge in [0.2, 0.25) is 0 Å². The molecule has 2 fully saturated rings. The van der Waals surface area contributed by atoms with E-state index in [0.29, 0.717) is 0 Å². The van der Waals surface area contributed by atoms with Gasteiger partial charge < -0.3 is 24.8 Å². The smallest absolute Gasteiger partial charge is 1.00 e. The molecule has 210 valence electrons. The molecule has 0 bridgehead atoms. The fourth-order valence-electron chi connectivity index (χ4n) is 9.82. The van der Waals surface area contributed by atoms with Gasteiger partial charge in [0.15, 0.2) is 0 Å². The van der Waals surface area contributed by atoms with Gasteiger partial charge in [0.1, 0.15) is 0 Å². The summed E-state index contributed by atoms with van der Waals surface area (Å²) in [6.45, 7) is 4.81. The Morgan fingerprint density at radius 1 is 0.585 bits per heavy atom. The SMILES string of the molecule is CCCC1=Cc2c(ccc3ccccc23)[CH]1[Hf+2]1([CH]2C(CCC)=Cc3c2ccc2ccccc32)[CH]2CCCC[CH]21.[Cl-].[Cl-]. The Bertz CT molecular complexity index is 1560. The van der Waals surface area contributed by atoms with Crippen LogP contribution in [0.25, 0.3) is 33.7 Å². The van der Waals surface area contributed by atoms with Crippen molar-refractivity contribution in [3.05, 3.63) is 106 Å². The van der Waals surface area contributed by atoms with Crippen LogP contribution in [-0.4, -0.2) is 0 Å². The number of hydrogen-bond acceptors (Lipinski definition) is 0. The van der Waals surface area contributed by atoms with Crippen molar-refractivity contribution in [2.45, 2.75) is 79.9 Å². The first kappa shape index (κ1) is 29.4. The zero-order valence-corrected chi connectivity index (χ0v) is 29.4. The van der Waals surface area contributed by atoms with E-state index >= 15 is 0 Å². The molecular weight excluding hydrogens is 706 g/mol. The first-order valence-corrected chi connectivity index (χ1v) is 24.0. The van der Waals surface area contributed by atoms with Gasteiger partial charge in [-0.1, -0.05) is 0 Å². The van der Waals surface area contributed by atoms with E-state index in [1.807, 2.05) is 11.1 Å². The fourth-order valence-corrected chi connectivity index (χ4v) is 45.2. The molecular formula is C38H40Cl2Hf. The fraction of sp³-hybridized carbons (Fsp3) is 0.368. The maximum atomic E-state index is 2.71. The molecule has 4 aliphatic rings. The first-order chi connectivity index (χ1) is 19.3. The number of fused-ring (bicyclic) bond motifs is 7. The van der Waals surface area contributed by atoms with Gasteiger partial charge in [0.05, 0.1) is 0 Å². The molecule has 1 aliphatic heterocycles. The topological polar surface area (TPSA) is 0 Å². The van der Waals surface area contributed by atoms with E-state index in [2.05, 4.69) is 98.8 Å². The normalized spacial score (nSPS) is 25.7. The molecule has 41 heavy (non-hydrogen) atoms. The molecule has 4 unspecified atom stereocenters. The van der Waals surface area contributed by atoms with Gasteiger partial charge in [-0.25, -0.2) is 0 Å². The van der Waals surface area contributed by atoms with Crippen molar-refractivity contribution >= 4 is 33.7 Å². The van der Waals surface area contributed by atoms with Crippen molar-refractivity contribution in [1.82, 2.24) is 0 Å². The van der Waals surface area contributed by atoms with Crippen LogP contribution in [0.3, 0.4) is 0 Å². The third-order valence-corrected chi connectivity index (χ3v) is 35.9. The van der Waals surface area contributed by atoms with E-state index in [9.17, 15) is 0 Å². The maximum absolute atomic E-state index is 3.07. The monoisotopic (exact) mass is 746 g/mol. The summed E-state index contributed by atoms with van der Waals surface area (Å²) in [5, 5.41) is 5.79. The molecule has 0 aromatic heterocycles. The Hall–Kier alpha value is -1.67. The molecule has 4 atom stereocenters. The molecule has 3 heteroatoms. The summed E-state index contributed by atoms with van der Waals surface area (Å²) in [6, 6.07) is 28.4. The number of hydrogen-bond donors (Lipinski definition) is 0. The average Bonchev–Trinajstić information content (AvgIpc) is 3.26. The van der Waals surface area contributed by atoms with Crippen LogP contribution in [0.15, 0.2) is 83.9 Å². The summed E-state index contributed by atoms with van der Waals surface area (Å²) < 4.78 is 3.67. The number of halogens is 2. The van der Waals surface area contributed by atoms with Crippen LogP contribution in [0.5, 0.6) is 0 Å². The summed E-state index contributed by atoms with van der Waals surface area (Å²) in [5.41, 5.74) is 10.3. The predicted octanol–water partition coefficient (Wildman–Crippen LogP) is 5.50. The zero-order chi connectivity index (χ0) is 26.1. The van der Waals surface area contributed by atoms with E-state index in [1.165, 1.54) is 72.9 Å². The van der Waals surface area contributed by atoms with E-state index in [-0.39, 0.29) is 24.8 Å². The first-order valence-electron chi connectivity index (χ1n) is 15.7. The van der Waals surface area contributed by atoms with Gasteiger partial charge in [0, 0.05) is 0 Å². The summed E-state index contributed by atoms with van der Waals surface area (Å²) in [4.78, 5) is 0.